The molecule has 0 aliphatic carbocycles. The summed E-state index contributed by atoms with van der Waals surface area (Å²) in [6.07, 6.45) is 0. The third kappa shape index (κ3) is 9.93. The Balaban J connectivity index is 1.19. The van der Waals surface area contributed by atoms with E-state index in [0.717, 1.165) is 39.3 Å². The van der Waals surface area contributed by atoms with Crippen molar-refractivity contribution in [1.82, 2.24) is 0 Å². The highest BCUT2D eigenvalue weighted by Crippen LogP contribution is 2.42. The van der Waals surface area contributed by atoms with Crippen LogP contribution < -0.4 is 9.47 Å². The van der Waals surface area contributed by atoms with Gasteiger partial charge in [-0.25, -0.2) is 0 Å². The van der Waals surface area contributed by atoms with Crippen molar-refractivity contribution in [3.63, 3.8) is 0 Å². The summed E-state index contributed by atoms with van der Waals surface area (Å²) in [4.78, 5) is 0. The van der Waals surface area contributed by atoms with Crippen LogP contribution in [0.25, 0.3) is 0 Å². The van der Waals surface area contributed by atoms with E-state index in [1.807, 2.05) is 18.2 Å². The van der Waals surface area contributed by atoms with Gasteiger partial charge >= 0.3 is 0 Å². The molecule has 0 spiro atoms. The van der Waals surface area contributed by atoms with E-state index in [9.17, 15) is 0 Å². The summed E-state index contributed by atoms with van der Waals surface area (Å²) in [5, 5.41) is 0. The van der Waals surface area contributed by atoms with E-state index >= 15 is 0 Å². The van der Waals surface area contributed by atoms with Crippen LogP contribution in [0.4, 0.5) is 0 Å². The molecule has 0 aliphatic heterocycles. The highest BCUT2D eigenvalue weighted by molar-refractivity contribution is 5.52. The Kier molecular flexibility index (Phi) is 13.7. The molecule has 0 saturated carbocycles. The van der Waals surface area contributed by atoms with Crippen LogP contribution in [-0.2, 0) is 35.4 Å². The smallest absolute Gasteiger partial charge is 0.143 e. The number of methoxy groups -OCH3 is 1. The van der Waals surface area contributed by atoms with Crippen LogP contribution in [0.2, 0.25) is 0 Å². The maximum Gasteiger partial charge on any atom is 0.143 e. The SMILES string of the molecule is COc1cc(C(C)(C)C)c(OCCOCCOCCOCCOC(c2ccccc2)(c2ccccc2)c2ccccc2)cc1C(C)(C)C. The molecule has 0 atom stereocenters. The molecule has 4 aromatic rings. The minimum Gasteiger partial charge on any atom is -0.496 e. The molecule has 6 heteroatoms. The first-order valence-electron chi connectivity index (χ1n) is 17.0. The second-order valence-electron chi connectivity index (χ2n) is 13.9. The van der Waals surface area contributed by atoms with E-state index in [-0.39, 0.29) is 10.8 Å². The summed E-state index contributed by atoms with van der Waals surface area (Å²) < 4.78 is 36.2. The molecule has 4 rings (SSSR count). The zero-order chi connectivity index (χ0) is 34.5. The zero-order valence-corrected chi connectivity index (χ0v) is 29.9. The molecular weight excluding hydrogens is 600 g/mol. The van der Waals surface area contributed by atoms with Crippen molar-refractivity contribution in [2.75, 3.05) is 60.0 Å². The van der Waals surface area contributed by atoms with Crippen LogP contribution in [0, 0.1) is 0 Å². The van der Waals surface area contributed by atoms with E-state index in [1.54, 1.807) is 7.11 Å². The van der Waals surface area contributed by atoms with Gasteiger partial charge in [-0.2, -0.15) is 0 Å². The second kappa shape index (κ2) is 17.6. The van der Waals surface area contributed by atoms with Crippen molar-refractivity contribution < 1.29 is 28.4 Å². The summed E-state index contributed by atoms with van der Waals surface area (Å²) in [6.45, 7) is 16.8. The van der Waals surface area contributed by atoms with Crippen molar-refractivity contribution in [2.24, 2.45) is 0 Å². The quantitative estimate of drug-likeness (QED) is 0.0790. The number of ether oxygens (including phenoxy) is 6. The zero-order valence-electron chi connectivity index (χ0n) is 29.9. The van der Waals surface area contributed by atoms with Gasteiger partial charge in [-0.15, -0.1) is 0 Å². The molecule has 0 N–H and O–H groups in total. The standard InChI is InChI=1S/C42H54O6/c1-40(2,3)36-32-39(37(41(4,5)6)31-38(36)43-7)47-29-27-45-25-23-44-24-26-46-28-30-48-42(33-17-11-8-12-18-33,34-19-13-9-14-20-34)35-21-15-10-16-22-35/h8-22,31-32H,23-30H2,1-7H3. The molecule has 0 bridgehead atoms. The first-order valence-corrected chi connectivity index (χ1v) is 17.0. The molecule has 0 radical (unpaired) electrons. The topological polar surface area (TPSA) is 55.4 Å². The lowest BCUT2D eigenvalue weighted by atomic mass is 9.80. The van der Waals surface area contributed by atoms with Gasteiger partial charge < -0.3 is 28.4 Å². The van der Waals surface area contributed by atoms with Gasteiger partial charge in [0.25, 0.3) is 0 Å². The lowest BCUT2D eigenvalue weighted by Gasteiger charge is -2.36. The van der Waals surface area contributed by atoms with E-state index < -0.39 is 5.60 Å². The normalized spacial score (nSPS) is 12.2. The summed E-state index contributed by atoms with van der Waals surface area (Å²) in [5.74, 6) is 1.77. The van der Waals surface area contributed by atoms with Crippen molar-refractivity contribution in [3.8, 4) is 11.5 Å². The predicted octanol–water partition coefficient (Wildman–Crippen LogP) is 8.73. The number of rotatable bonds is 18. The summed E-state index contributed by atoms with van der Waals surface area (Å²) in [6, 6.07) is 35.3. The second-order valence-corrected chi connectivity index (χ2v) is 13.9. The van der Waals surface area contributed by atoms with Crippen molar-refractivity contribution in [3.05, 3.63) is 131 Å². The van der Waals surface area contributed by atoms with Crippen LogP contribution in [-0.4, -0.2) is 60.0 Å². The van der Waals surface area contributed by atoms with Crippen LogP contribution in [0.5, 0.6) is 11.5 Å². The monoisotopic (exact) mass is 654 g/mol. The maximum absolute atomic E-state index is 6.76. The molecule has 4 aromatic carbocycles. The number of hydrogen-bond acceptors (Lipinski definition) is 6. The molecule has 48 heavy (non-hydrogen) atoms. The average molecular weight is 655 g/mol. The van der Waals surface area contributed by atoms with Gasteiger partial charge in [-0.05, 0) is 39.7 Å². The Morgan fingerprint density at radius 3 is 1.19 bits per heavy atom. The van der Waals surface area contributed by atoms with Crippen LogP contribution in [0.3, 0.4) is 0 Å². The van der Waals surface area contributed by atoms with Crippen molar-refractivity contribution >= 4 is 0 Å². The maximum atomic E-state index is 6.76. The van der Waals surface area contributed by atoms with Crippen molar-refractivity contribution in [1.29, 1.82) is 0 Å². The Labute approximate surface area is 288 Å². The third-order valence-corrected chi connectivity index (χ3v) is 8.23. The summed E-state index contributed by atoms with van der Waals surface area (Å²) >= 11 is 0. The average Bonchev–Trinajstić information content (AvgIpc) is 3.08. The number of hydrogen-bond donors (Lipinski definition) is 0. The third-order valence-electron chi connectivity index (χ3n) is 8.23. The summed E-state index contributed by atoms with van der Waals surface area (Å²) in [7, 11) is 1.73. The Morgan fingerprint density at radius 1 is 0.438 bits per heavy atom. The fraction of sp³-hybridized carbons (Fsp3) is 0.429. The molecule has 0 aliphatic rings. The van der Waals surface area contributed by atoms with E-state index in [1.165, 1.54) is 0 Å². The van der Waals surface area contributed by atoms with E-state index in [4.69, 9.17) is 28.4 Å². The molecule has 0 amide bonds. The molecule has 0 heterocycles. The lowest BCUT2D eigenvalue weighted by Crippen LogP contribution is -2.34. The minimum atomic E-state index is -0.749. The molecular formula is C42H54O6. The molecule has 0 unspecified atom stereocenters. The van der Waals surface area contributed by atoms with Gasteiger partial charge in [0.15, 0.2) is 0 Å². The molecule has 6 nitrogen and oxygen atoms in total. The van der Waals surface area contributed by atoms with Crippen LogP contribution >= 0.6 is 0 Å². The first-order chi connectivity index (χ1) is 23.1. The summed E-state index contributed by atoms with van der Waals surface area (Å²) in [5.41, 5.74) is 4.56. The van der Waals surface area contributed by atoms with Crippen LogP contribution in [0.15, 0.2) is 103 Å². The predicted molar refractivity (Wildman–Crippen MR) is 194 cm³/mol. The lowest BCUT2D eigenvalue weighted by molar-refractivity contribution is -0.0373. The van der Waals surface area contributed by atoms with Gasteiger partial charge in [0.2, 0.25) is 0 Å². The minimum absolute atomic E-state index is 0.0679. The van der Waals surface area contributed by atoms with Crippen LogP contribution in [0.1, 0.15) is 69.4 Å². The fourth-order valence-electron chi connectivity index (χ4n) is 5.80. The van der Waals surface area contributed by atoms with Gasteiger partial charge in [0.1, 0.15) is 23.7 Å². The van der Waals surface area contributed by atoms with E-state index in [2.05, 4.69) is 126 Å². The van der Waals surface area contributed by atoms with Gasteiger partial charge in [0.05, 0.1) is 53.4 Å². The highest BCUT2D eigenvalue weighted by atomic mass is 16.6. The van der Waals surface area contributed by atoms with Gasteiger partial charge in [-0.1, -0.05) is 133 Å². The van der Waals surface area contributed by atoms with Gasteiger partial charge in [0, 0.05) is 11.1 Å². The molecule has 0 aromatic heterocycles. The molecule has 0 saturated heterocycles. The van der Waals surface area contributed by atoms with E-state index in [0.29, 0.717) is 52.9 Å². The molecule has 258 valence electrons. The molecule has 0 fully saturated rings. The Hall–Kier alpha value is -3.68. The number of benzene rings is 4. The van der Waals surface area contributed by atoms with Crippen molar-refractivity contribution in [2.45, 2.75) is 58.0 Å². The first kappa shape index (κ1) is 37.1. The highest BCUT2D eigenvalue weighted by Gasteiger charge is 2.37. The fourth-order valence-corrected chi connectivity index (χ4v) is 5.80. The Morgan fingerprint density at radius 2 is 0.792 bits per heavy atom. The van der Waals surface area contributed by atoms with Gasteiger partial charge in [-0.3, -0.25) is 0 Å². The largest absolute Gasteiger partial charge is 0.496 e. The Bertz CT molecular complexity index is 1390.